The second-order valence-electron chi connectivity index (χ2n) is 4.70. The smallest absolute Gasteiger partial charge is 0.327 e. The number of hydrogen-bond donors (Lipinski definition) is 1. The third kappa shape index (κ3) is 4.01. The molecule has 1 unspecified atom stereocenters. The van der Waals surface area contributed by atoms with E-state index in [1.165, 1.54) is 18.9 Å². The number of benzene rings is 1. The molecule has 1 N–H and O–H groups in total. The molecule has 0 radical (unpaired) electrons. The van der Waals surface area contributed by atoms with E-state index >= 15 is 0 Å². The van der Waals surface area contributed by atoms with Crippen LogP contribution >= 0.6 is 15.9 Å². The summed E-state index contributed by atoms with van der Waals surface area (Å²) in [5.41, 5.74) is 0.327. The molecule has 2 rings (SSSR count). The van der Waals surface area contributed by atoms with Gasteiger partial charge in [-0.05, 0) is 50.4 Å². The van der Waals surface area contributed by atoms with Crippen molar-refractivity contribution >= 4 is 21.9 Å². The molecule has 0 amide bonds. The Morgan fingerprint density at radius 2 is 2.32 bits per heavy atom. The van der Waals surface area contributed by atoms with Gasteiger partial charge in [0, 0.05) is 10.0 Å². The quantitative estimate of drug-likeness (QED) is 0.814. The summed E-state index contributed by atoms with van der Waals surface area (Å²) >= 11 is 3.30. The average Bonchev–Trinajstić information content (AvgIpc) is 3.18. The van der Waals surface area contributed by atoms with Crippen molar-refractivity contribution < 1.29 is 13.9 Å². The molecule has 1 aromatic carbocycles. The first-order valence-corrected chi connectivity index (χ1v) is 7.26. The van der Waals surface area contributed by atoms with E-state index < -0.39 is 17.8 Å². The topological polar surface area (TPSA) is 38.3 Å². The molecule has 1 aliphatic carbocycles. The number of hydrogen-bond acceptors (Lipinski definition) is 3. The van der Waals surface area contributed by atoms with Crippen molar-refractivity contribution in [1.82, 2.24) is 5.32 Å². The van der Waals surface area contributed by atoms with E-state index in [1.807, 2.05) is 0 Å². The number of carbonyl (C=O) groups excluding carboxylic acids is 1. The predicted octanol–water partition coefficient (Wildman–Crippen LogP) is 3.19. The van der Waals surface area contributed by atoms with Crippen LogP contribution in [0.1, 0.15) is 31.4 Å². The van der Waals surface area contributed by atoms with E-state index in [2.05, 4.69) is 21.2 Å². The zero-order valence-electron chi connectivity index (χ0n) is 10.8. The molecule has 0 saturated heterocycles. The summed E-state index contributed by atoms with van der Waals surface area (Å²) in [5.74, 6) is -0.225. The van der Waals surface area contributed by atoms with Crippen molar-refractivity contribution in [2.75, 3.05) is 13.2 Å². The highest BCUT2D eigenvalue weighted by atomic mass is 79.9. The molecule has 0 aliphatic heterocycles. The summed E-state index contributed by atoms with van der Waals surface area (Å²) < 4.78 is 19.7. The molecule has 104 valence electrons. The maximum Gasteiger partial charge on any atom is 0.327 e. The van der Waals surface area contributed by atoms with Crippen LogP contribution in [-0.2, 0) is 9.53 Å². The van der Waals surface area contributed by atoms with Gasteiger partial charge in [-0.2, -0.15) is 0 Å². The summed E-state index contributed by atoms with van der Waals surface area (Å²) in [6, 6.07) is 3.85. The molecule has 0 spiro atoms. The SMILES string of the molecule is CCOC(=O)C(NCC1CC1)c1cc(Br)ccc1F. The Hall–Kier alpha value is -0.940. The first kappa shape index (κ1) is 14.5. The molecular weight excluding hydrogens is 313 g/mol. The zero-order valence-corrected chi connectivity index (χ0v) is 12.4. The van der Waals surface area contributed by atoms with E-state index in [9.17, 15) is 9.18 Å². The number of nitrogens with one attached hydrogen (secondary N) is 1. The molecule has 0 bridgehead atoms. The van der Waals surface area contributed by atoms with E-state index in [0.29, 0.717) is 11.5 Å². The first-order chi connectivity index (χ1) is 9.11. The number of rotatable bonds is 6. The van der Waals surface area contributed by atoms with Crippen LogP contribution in [0.3, 0.4) is 0 Å². The van der Waals surface area contributed by atoms with Crippen LogP contribution in [0.2, 0.25) is 0 Å². The van der Waals surface area contributed by atoms with Crippen molar-refractivity contribution in [1.29, 1.82) is 0 Å². The minimum Gasteiger partial charge on any atom is -0.465 e. The predicted molar refractivity (Wildman–Crippen MR) is 74.2 cm³/mol. The fraction of sp³-hybridized carbons (Fsp3) is 0.500. The molecule has 19 heavy (non-hydrogen) atoms. The van der Waals surface area contributed by atoms with Crippen molar-refractivity contribution in [3.8, 4) is 0 Å². The highest BCUT2D eigenvalue weighted by Gasteiger charge is 2.28. The van der Waals surface area contributed by atoms with E-state index in [4.69, 9.17) is 4.74 Å². The summed E-state index contributed by atoms with van der Waals surface area (Å²) in [5, 5.41) is 3.12. The molecule has 1 fully saturated rings. The normalized spacial score (nSPS) is 16.2. The second kappa shape index (κ2) is 6.48. The van der Waals surface area contributed by atoms with E-state index in [1.54, 1.807) is 19.1 Å². The van der Waals surface area contributed by atoms with Crippen LogP contribution in [0.5, 0.6) is 0 Å². The van der Waals surface area contributed by atoms with Gasteiger partial charge in [-0.15, -0.1) is 0 Å². The van der Waals surface area contributed by atoms with Crippen molar-refractivity contribution in [2.24, 2.45) is 5.92 Å². The maximum absolute atomic E-state index is 13.9. The summed E-state index contributed by atoms with van der Waals surface area (Å²) in [7, 11) is 0. The van der Waals surface area contributed by atoms with Crippen LogP contribution in [0.15, 0.2) is 22.7 Å². The van der Waals surface area contributed by atoms with Crippen LogP contribution in [0, 0.1) is 11.7 Å². The molecule has 0 aromatic heterocycles. The van der Waals surface area contributed by atoms with Gasteiger partial charge in [0.1, 0.15) is 11.9 Å². The summed E-state index contributed by atoms with van der Waals surface area (Å²) in [6.07, 6.45) is 2.34. The Morgan fingerprint density at radius 3 is 2.95 bits per heavy atom. The third-order valence-corrected chi connectivity index (χ3v) is 3.59. The first-order valence-electron chi connectivity index (χ1n) is 6.46. The molecule has 1 aliphatic rings. The van der Waals surface area contributed by atoms with E-state index in [-0.39, 0.29) is 6.61 Å². The Bertz CT molecular complexity index is 463. The number of halogens is 2. The van der Waals surface area contributed by atoms with Gasteiger partial charge in [0.25, 0.3) is 0 Å². The van der Waals surface area contributed by atoms with Gasteiger partial charge in [0.2, 0.25) is 0 Å². The lowest BCUT2D eigenvalue weighted by atomic mass is 10.1. The van der Waals surface area contributed by atoms with Crippen molar-refractivity contribution in [3.05, 3.63) is 34.1 Å². The number of esters is 1. The molecule has 0 heterocycles. The molecule has 1 aromatic rings. The largest absolute Gasteiger partial charge is 0.465 e. The van der Waals surface area contributed by atoms with Gasteiger partial charge in [-0.25, -0.2) is 9.18 Å². The Balaban J connectivity index is 2.18. The molecular formula is C14H17BrFNO2. The molecule has 3 nitrogen and oxygen atoms in total. The molecule has 1 saturated carbocycles. The minimum absolute atomic E-state index is 0.288. The van der Waals surface area contributed by atoms with Gasteiger partial charge in [-0.3, -0.25) is 0 Å². The highest BCUT2D eigenvalue weighted by molar-refractivity contribution is 9.10. The highest BCUT2D eigenvalue weighted by Crippen LogP contribution is 2.29. The van der Waals surface area contributed by atoms with Crippen molar-refractivity contribution in [3.63, 3.8) is 0 Å². The molecule has 5 heteroatoms. The lowest BCUT2D eigenvalue weighted by Crippen LogP contribution is -2.32. The fourth-order valence-electron chi connectivity index (χ4n) is 1.89. The monoisotopic (exact) mass is 329 g/mol. The zero-order chi connectivity index (χ0) is 13.8. The van der Waals surface area contributed by atoms with Crippen LogP contribution in [0.25, 0.3) is 0 Å². The van der Waals surface area contributed by atoms with Gasteiger partial charge in [0.05, 0.1) is 6.61 Å². The lowest BCUT2D eigenvalue weighted by molar-refractivity contribution is -0.146. The van der Waals surface area contributed by atoms with Crippen LogP contribution in [-0.4, -0.2) is 19.1 Å². The van der Waals surface area contributed by atoms with Crippen molar-refractivity contribution in [2.45, 2.75) is 25.8 Å². The van der Waals surface area contributed by atoms with Gasteiger partial charge < -0.3 is 10.1 Å². The van der Waals surface area contributed by atoms with E-state index in [0.717, 1.165) is 11.0 Å². The molecule has 1 atom stereocenters. The Labute approximate surface area is 120 Å². The fourth-order valence-corrected chi connectivity index (χ4v) is 2.27. The van der Waals surface area contributed by atoms with Gasteiger partial charge >= 0.3 is 5.97 Å². The average molecular weight is 330 g/mol. The summed E-state index contributed by atoms with van der Waals surface area (Å²) in [4.78, 5) is 12.0. The minimum atomic E-state index is -0.738. The van der Waals surface area contributed by atoms with Crippen LogP contribution < -0.4 is 5.32 Å². The Morgan fingerprint density at radius 1 is 1.58 bits per heavy atom. The Kier molecular flexibility index (Phi) is 4.93. The van der Waals surface area contributed by atoms with Gasteiger partial charge in [-0.1, -0.05) is 15.9 Å². The van der Waals surface area contributed by atoms with Crippen LogP contribution in [0.4, 0.5) is 4.39 Å². The number of carbonyl (C=O) groups is 1. The second-order valence-corrected chi connectivity index (χ2v) is 5.62. The third-order valence-electron chi connectivity index (χ3n) is 3.10. The summed E-state index contributed by atoms with van der Waals surface area (Å²) in [6.45, 7) is 2.75. The number of ether oxygens (including phenoxy) is 1. The van der Waals surface area contributed by atoms with Gasteiger partial charge in [0.15, 0.2) is 0 Å². The lowest BCUT2D eigenvalue weighted by Gasteiger charge is -2.18. The standard InChI is InChI=1S/C14H17BrFNO2/c1-2-19-14(18)13(17-8-9-3-4-9)11-7-10(15)5-6-12(11)16/h5-7,9,13,17H,2-4,8H2,1H3. The maximum atomic E-state index is 13.9.